The van der Waals surface area contributed by atoms with Gasteiger partial charge in [0.25, 0.3) is 0 Å². The normalized spacial score (nSPS) is 31.3. The third kappa shape index (κ3) is 1.80. The Kier molecular flexibility index (Phi) is 2.06. The van der Waals surface area contributed by atoms with Crippen LogP contribution in [0.2, 0.25) is 0 Å². The van der Waals surface area contributed by atoms with Crippen LogP contribution in [-0.4, -0.2) is 17.0 Å². The van der Waals surface area contributed by atoms with E-state index in [1.54, 1.807) is 0 Å². The predicted octanol–water partition coefficient (Wildman–Crippen LogP) is 1.37. The summed E-state index contributed by atoms with van der Waals surface area (Å²) in [6, 6.07) is 0. The monoisotopic (exact) mass is 156 g/mol. The average molecular weight is 156 g/mol. The molecule has 1 N–H and O–H groups in total. The van der Waals surface area contributed by atoms with Crippen LogP contribution in [0, 0.1) is 11.3 Å². The first kappa shape index (κ1) is 8.72. The van der Waals surface area contributed by atoms with Gasteiger partial charge in [-0.3, -0.25) is 4.79 Å². The van der Waals surface area contributed by atoms with Crippen LogP contribution in [-0.2, 0) is 4.79 Å². The van der Waals surface area contributed by atoms with E-state index in [0.717, 1.165) is 0 Å². The van der Waals surface area contributed by atoms with Crippen molar-refractivity contribution in [2.24, 2.45) is 11.3 Å². The minimum atomic E-state index is -0.231. The van der Waals surface area contributed by atoms with E-state index < -0.39 is 0 Å². The lowest BCUT2D eigenvalue weighted by atomic mass is 9.72. The molecule has 0 amide bonds. The molecular weight excluding hydrogens is 140 g/mol. The van der Waals surface area contributed by atoms with Crippen molar-refractivity contribution in [2.45, 2.75) is 39.7 Å². The largest absolute Gasteiger partial charge is 0.393 e. The SMILES string of the molecule is CC(C)(C)C(=O)C1CC(O)C1. The van der Waals surface area contributed by atoms with Gasteiger partial charge in [-0.1, -0.05) is 20.8 Å². The lowest BCUT2D eigenvalue weighted by Gasteiger charge is -2.34. The number of hydrogen-bond acceptors (Lipinski definition) is 2. The van der Waals surface area contributed by atoms with E-state index in [-0.39, 0.29) is 17.4 Å². The van der Waals surface area contributed by atoms with Gasteiger partial charge in [0.2, 0.25) is 0 Å². The van der Waals surface area contributed by atoms with Crippen molar-refractivity contribution < 1.29 is 9.90 Å². The highest BCUT2D eigenvalue weighted by molar-refractivity contribution is 5.86. The van der Waals surface area contributed by atoms with E-state index in [4.69, 9.17) is 5.11 Å². The Morgan fingerprint density at radius 2 is 1.82 bits per heavy atom. The molecule has 0 unspecified atom stereocenters. The van der Waals surface area contributed by atoms with Gasteiger partial charge < -0.3 is 5.11 Å². The molecule has 1 saturated carbocycles. The van der Waals surface area contributed by atoms with Gasteiger partial charge in [0, 0.05) is 11.3 Å². The molecule has 0 aliphatic heterocycles. The maximum absolute atomic E-state index is 11.5. The van der Waals surface area contributed by atoms with Gasteiger partial charge >= 0.3 is 0 Å². The van der Waals surface area contributed by atoms with Crippen LogP contribution in [0.15, 0.2) is 0 Å². The molecule has 64 valence electrons. The third-order valence-corrected chi connectivity index (χ3v) is 2.22. The minimum Gasteiger partial charge on any atom is -0.393 e. The Bertz CT molecular complexity index is 161. The van der Waals surface area contributed by atoms with Crippen molar-refractivity contribution in [3.05, 3.63) is 0 Å². The van der Waals surface area contributed by atoms with Crippen molar-refractivity contribution in [1.29, 1.82) is 0 Å². The summed E-state index contributed by atoms with van der Waals surface area (Å²) in [4.78, 5) is 11.5. The Balaban J connectivity index is 2.45. The van der Waals surface area contributed by atoms with Crippen molar-refractivity contribution in [1.82, 2.24) is 0 Å². The fourth-order valence-electron chi connectivity index (χ4n) is 1.41. The quantitative estimate of drug-likeness (QED) is 0.622. The molecule has 11 heavy (non-hydrogen) atoms. The molecule has 2 heteroatoms. The second-order valence-electron chi connectivity index (χ2n) is 4.44. The Hall–Kier alpha value is -0.370. The zero-order valence-corrected chi connectivity index (χ0v) is 7.42. The maximum Gasteiger partial charge on any atom is 0.141 e. The summed E-state index contributed by atoms with van der Waals surface area (Å²) >= 11 is 0. The molecule has 0 aromatic rings. The minimum absolute atomic E-state index is 0.130. The highest BCUT2D eigenvalue weighted by Gasteiger charge is 2.37. The molecule has 1 aliphatic rings. The van der Waals surface area contributed by atoms with Gasteiger partial charge in [-0.2, -0.15) is 0 Å². The molecule has 0 heterocycles. The standard InChI is InChI=1S/C9H16O2/c1-9(2,3)8(11)6-4-7(10)5-6/h6-7,10H,4-5H2,1-3H3. The Labute approximate surface area is 67.6 Å². The van der Waals surface area contributed by atoms with Gasteiger partial charge in [-0.25, -0.2) is 0 Å². The summed E-state index contributed by atoms with van der Waals surface area (Å²) in [7, 11) is 0. The van der Waals surface area contributed by atoms with Crippen LogP contribution in [0.1, 0.15) is 33.6 Å². The number of hydrogen-bond donors (Lipinski definition) is 1. The van der Waals surface area contributed by atoms with Crippen LogP contribution in [0.4, 0.5) is 0 Å². The van der Waals surface area contributed by atoms with E-state index in [1.165, 1.54) is 0 Å². The van der Waals surface area contributed by atoms with Crippen molar-refractivity contribution in [3.63, 3.8) is 0 Å². The summed E-state index contributed by atoms with van der Waals surface area (Å²) in [5, 5.41) is 8.98. The second-order valence-corrected chi connectivity index (χ2v) is 4.44. The smallest absolute Gasteiger partial charge is 0.141 e. The van der Waals surface area contributed by atoms with Crippen molar-refractivity contribution >= 4 is 5.78 Å². The van der Waals surface area contributed by atoms with Crippen molar-refractivity contribution in [2.75, 3.05) is 0 Å². The number of Topliss-reactive ketones (excluding diaryl/α,β-unsaturated/α-hetero) is 1. The first-order valence-electron chi connectivity index (χ1n) is 4.13. The molecular formula is C9H16O2. The Morgan fingerprint density at radius 1 is 1.36 bits per heavy atom. The fourth-order valence-corrected chi connectivity index (χ4v) is 1.41. The van der Waals surface area contributed by atoms with E-state index in [9.17, 15) is 4.79 Å². The number of ketones is 1. The number of rotatable bonds is 1. The van der Waals surface area contributed by atoms with E-state index in [2.05, 4.69) is 0 Å². The topological polar surface area (TPSA) is 37.3 Å². The van der Waals surface area contributed by atoms with E-state index in [1.807, 2.05) is 20.8 Å². The summed E-state index contributed by atoms with van der Waals surface area (Å²) in [5.74, 6) is 0.424. The fraction of sp³-hybridized carbons (Fsp3) is 0.889. The molecule has 0 bridgehead atoms. The van der Waals surface area contributed by atoms with Gasteiger partial charge in [0.05, 0.1) is 6.10 Å². The van der Waals surface area contributed by atoms with Gasteiger partial charge in [0.1, 0.15) is 5.78 Å². The summed E-state index contributed by atoms with van der Waals surface area (Å²) in [6.45, 7) is 5.79. The van der Waals surface area contributed by atoms with E-state index >= 15 is 0 Å². The van der Waals surface area contributed by atoms with Crippen LogP contribution >= 0.6 is 0 Å². The molecule has 0 aromatic carbocycles. The summed E-state index contributed by atoms with van der Waals surface area (Å²) in [6.07, 6.45) is 1.14. The van der Waals surface area contributed by atoms with Crippen LogP contribution in [0.25, 0.3) is 0 Å². The van der Waals surface area contributed by atoms with E-state index in [0.29, 0.717) is 18.6 Å². The van der Waals surface area contributed by atoms with Crippen LogP contribution in [0.3, 0.4) is 0 Å². The zero-order valence-electron chi connectivity index (χ0n) is 7.42. The second kappa shape index (κ2) is 2.59. The predicted molar refractivity (Wildman–Crippen MR) is 43.2 cm³/mol. The first-order chi connectivity index (χ1) is 4.91. The first-order valence-corrected chi connectivity index (χ1v) is 4.13. The molecule has 0 aromatic heterocycles. The summed E-state index contributed by atoms with van der Waals surface area (Å²) < 4.78 is 0. The average Bonchev–Trinajstić information content (AvgIpc) is 1.77. The number of aliphatic hydroxyl groups excluding tert-OH is 1. The third-order valence-electron chi connectivity index (χ3n) is 2.22. The molecule has 1 rings (SSSR count). The zero-order chi connectivity index (χ0) is 8.65. The summed E-state index contributed by atoms with van der Waals surface area (Å²) in [5.41, 5.74) is -0.231. The highest BCUT2D eigenvalue weighted by Crippen LogP contribution is 2.33. The Morgan fingerprint density at radius 3 is 2.09 bits per heavy atom. The maximum atomic E-state index is 11.5. The molecule has 0 radical (unpaired) electrons. The van der Waals surface area contributed by atoms with Gasteiger partial charge in [-0.05, 0) is 12.8 Å². The van der Waals surface area contributed by atoms with Gasteiger partial charge in [0.15, 0.2) is 0 Å². The van der Waals surface area contributed by atoms with Crippen LogP contribution in [0.5, 0.6) is 0 Å². The molecule has 1 aliphatic carbocycles. The number of aliphatic hydroxyl groups is 1. The molecule has 1 fully saturated rings. The molecule has 0 atom stereocenters. The van der Waals surface area contributed by atoms with Crippen LogP contribution < -0.4 is 0 Å². The molecule has 2 nitrogen and oxygen atoms in total. The lowest BCUT2D eigenvalue weighted by molar-refractivity contribution is -0.136. The van der Waals surface area contributed by atoms with Crippen molar-refractivity contribution in [3.8, 4) is 0 Å². The molecule has 0 saturated heterocycles. The lowest BCUT2D eigenvalue weighted by Crippen LogP contribution is -2.39. The number of carbonyl (C=O) groups excluding carboxylic acids is 1. The molecule has 0 spiro atoms. The van der Waals surface area contributed by atoms with Gasteiger partial charge in [-0.15, -0.1) is 0 Å². The highest BCUT2D eigenvalue weighted by atomic mass is 16.3. The number of carbonyl (C=O) groups is 1.